The number of methoxy groups -OCH3 is 1. The number of carbonyl (C=O) groups is 2. The van der Waals surface area contributed by atoms with Crippen LogP contribution >= 0.6 is 0 Å². The maximum atomic E-state index is 12.7. The zero-order valence-corrected chi connectivity index (χ0v) is 14.8. The number of rotatable bonds is 6. The maximum absolute atomic E-state index is 12.7. The van der Waals surface area contributed by atoms with Crippen molar-refractivity contribution in [2.24, 2.45) is 5.41 Å². The number of nitrogens with one attached hydrogen (secondary N) is 2. The van der Waals surface area contributed by atoms with Crippen LogP contribution in [0.5, 0.6) is 0 Å². The lowest BCUT2D eigenvalue weighted by Crippen LogP contribution is -2.49. The molecular formula is C19H27N3O3. The van der Waals surface area contributed by atoms with Crippen molar-refractivity contribution in [3.05, 3.63) is 29.8 Å². The number of nitrogens with zero attached hydrogens (tertiary/aromatic N) is 1. The zero-order chi connectivity index (χ0) is 17.7. The van der Waals surface area contributed by atoms with Crippen molar-refractivity contribution in [1.82, 2.24) is 10.6 Å². The fourth-order valence-electron chi connectivity index (χ4n) is 3.70. The summed E-state index contributed by atoms with van der Waals surface area (Å²) in [7, 11) is 1.65. The number of hydrogen-bond donors (Lipinski definition) is 2. The van der Waals surface area contributed by atoms with Crippen LogP contribution in [-0.4, -0.2) is 45.2 Å². The van der Waals surface area contributed by atoms with Crippen LogP contribution in [0.1, 0.15) is 31.2 Å². The number of anilines is 1. The molecule has 25 heavy (non-hydrogen) atoms. The molecule has 0 aliphatic carbocycles. The minimum atomic E-state index is -0.429. The molecular weight excluding hydrogens is 318 g/mol. The van der Waals surface area contributed by atoms with Crippen LogP contribution in [0, 0.1) is 5.41 Å². The predicted octanol–water partition coefficient (Wildman–Crippen LogP) is 1.45. The molecule has 0 radical (unpaired) electrons. The molecule has 2 aliphatic rings. The Balaban J connectivity index is 1.58. The summed E-state index contributed by atoms with van der Waals surface area (Å²) in [5.74, 6) is 0.253. The minimum absolute atomic E-state index is 0.0645. The second-order valence-corrected chi connectivity index (χ2v) is 6.96. The summed E-state index contributed by atoms with van der Waals surface area (Å²) in [6.45, 7) is 3.43. The van der Waals surface area contributed by atoms with Crippen molar-refractivity contribution in [3.8, 4) is 0 Å². The van der Waals surface area contributed by atoms with E-state index in [1.54, 1.807) is 7.11 Å². The van der Waals surface area contributed by atoms with E-state index in [9.17, 15) is 9.59 Å². The number of piperidine rings is 1. The van der Waals surface area contributed by atoms with E-state index in [4.69, 9.17) is 4.74 Å². The van der Waals surface area contributed by atoms with Crippen LogP contribution in [0.15, 0.2) is 24.3 Å². The van der Waals surface area contributed by atoms with E-state index < -0.39 is 5.41 Å². The van der Waals surface area contributed by atoms with Gasteiger partial charge in [0.05, 0.1) is 12.0 Å². The van der Waals surface area contributed by atoms with Gasteiger partial charge in [0.1, 0.15) is 0 Å². The highest BCUT2D eigenvalue weighted by Gasteiger charge is 2.39. The summed E-state index contributed by atoms with van der Waals surface area (Å²) in [5, 5.41) is 6.36. The van der Waals surface area contributed by atoms with Gasteiger partial charge in [-0.05, 0) is 50.0 Å². The van der Waals surface area contributed by atoms with E-state index in [0.717, 1.165) is 50.1 Å². The van der Waals surface area contributed by atoms with Crippen LogP contribution < -0.4 is 15.5 Å². The molecule has 2 N–H and O–H groups in total. The first-order valence-electron chi connectivity index (χ1n) is 9.02. The van der Waals surface area contributed by atoms with Crippen LogP contribution in [0.4, 0.5) is 5.69 Å². The zero-order valence-electron chi connectivity index (χ0n) is 14.8. The van der Waals surface area contributed by atoms with Crippen LogP contribution in [0.25, 0.3) is 0 Å². The normalized spacial score (nSPS) is 19.9. The van der Waals surface area contributed by atoms with Gasteiger partial charge < -0.3 is 20.3 Å². The Kier molecular flexibility index (Phi) is 5.71. The highest BCUT2D eigenvalue weighted by Crippen LogP contribution is 2.29. The lowest BCUT2D eigenvalue weighted by Gasteiger charge is -2.35. The SMILES string of the molecule is COCC1(C(=O)NCc2ccc(N3CCCC3=O)cc2)CCNCC1. The Hall–Kier alpha value is -1.92. The lowest BCUT2D eigenvalue weighted by atomic mass is 9.78. The molecule has 2 aliphatic heterocycles. The molecule has 0 atom stereocenters. The first-order valence-corrected chi connectivity index (χ1v) is 9.02. The van der Waals surface area contributed by atoms with Crippen LogP contribution in [-0.2, 0) is 20.9 Å². The van der Waals surface area contributed by atoms with Gasteiger partial charge >= 0.3 is 0 Å². The smallest absolute Gasteiger partial charge is 0.228 e. The summed E-state index contributed by atoms with van der Waals surface area (Å²) >= 11 is 0. The van der Waals surface area contributed by atoms with Crippen molar-refractivity contribution in [2.45, 2.75) is 32.2 Å². The van der Waals surface area contributed by atoms with E-state index in [1.807, 2.05) is 29.2 Å². The van der Waals surface area contributed by atoms with Crippen molar-refractivity contribution in [2.75, 3.05) is 38.3 Å². The molecule has 1 aromatic rings. The van der Waals surface area contributed by atoms with Gasteiger partial charge in [-0.25, -0.2) is 0 Å². The molecule has 0 aromatic heterocycles. The molecule has 2 fully saturated rings. The molecule has 3 rings (SSSR count). The van der Waals surface area contributed by atoms with Crippen LogP contribution in [0.3, 0.4) is 0 Å². The van der Waals surface area contributed by atoms with Gasteiger partial charge in [0.25, 0.3) is 0 Å². The van der Waals surface area contributed by atoms with Gasteiger partial charge in [-0.3, -0.25) is 9.59 Å². The standard InChI is InChI=1S/C19H27N3O3/c1-25-14-19(8-10-20-11-9-19)18(24)21-13-15-4-6-16(7-5-15)22-12-2-3-17(22)23/h4-7,20H,2-3,8-14H2,1H3,(H,21,24). The highest BCUT2D eigenvalue weighted by molar-refractivity contribution is 5.95. The van der Waals surface area contributed by atoms with Gasteiger partial charge in [0, 0.05) is 32.3 Å². The van der Waals surface area contributed by atoms with Gasteiger partial charge in [-0.1, -0.05) is 12.1 Å². The average molecular weight is 345 g/mol. The third-order valence-electron chi connectivity index (χ3n) is 5.24. The Morgan fingerprint density at radius 2 is 2.00 bits per heavy atom. The van der Waals surface area contributed by atoms with Crippen molar-refractivity contribution >= 4 is 17.5 Å². The molecule has 0 saturated carbocycles. The van der Waals surface area contributed by atoms with Gasteiger partial charge in [-0.2, -0.15) is 0 Å². The summed E-state index contributed by atoms with van der Waals surface area (Å²) in [4.78, 5) is 26.4. The summed E-state index contributed by atoms with van der Waals surface area (Å²) in [5.41, 5.74) is 1.54. The highest BCUT2D eigenvalue weighted by atomic mass is 16.5. The minimum Gasteiger partial charge on any atom is -0.384 e. The molecule has 6 heteroatoms. The summed E-state index contributed by atoms with van der Waals surface area (Å²) < 4.78 is 5.31. The number of ether oxygens (including phenoxy) is 1. The largest absolute Gasteiger partial charge is 0.384 e. The molecule has 0 spiro atoms. The summed E-state index contributed by atoms with van der Waals surface area (Å²) in [6.07, 6.45) is 3.15. The van der Waals surface area contributed by atoms with Gasteiger partial charge in [0.15, 0.2) is 0 Å². The molecule has 2 heterocycles. The Morgan fingerprint density at radius 3 is 2.60 bits per heavy atom. The topological polar surface area (TPSA) is 70.7 Å². The number of hydrogen-bond acceptors (Lipinski definition) is 4. The number of amides is 2. The fourth-order valence-corrected chi connectivity index (χ4v) is 3.70. The quantitative estimate of drug-likeness (QED) is 0.819. The molecule has 2 amide bonds. The number of benzene rings is 1. The molecule has 136 valence electrons. The fraction of sp³-hybridized carbons (Fsp3) is 0.579. The Bertz CT molecular complexity index is 603. The van der Waals surface area contributed by atoms with Crippen molar-refractivity contribution in [1.29, 1.82) is 0 Å². The van der Waals surface area contributed by atoms with E-state index in [1.165, 1.54) is 0 Å². The third kappa shape index (κ3) is 4.02. The molecule has 2 saturated heterocycles. The maximum Gasteiger partial charge on any atom is 0.228 e. The Morgan fingerprint density at radius 1 is 1.28 bits per heavy atom. The predicted molar refractivity (Wildman–Crippen MR) is 96.3 cm³/mol. The first-order chi connectivity index (χ1) is 12.1. The molecule has 6 nitrogen and oxygen atoms in total. The van der Waals surface area contributed by atoms with E-state index >= 15 is 0 Å². The van der Waals surface area contributed by atoms with E-state index in [2.05, 4.69) is 10.6 Å². The molecule has 0 bridgehead atoms. The van der Waals surface area contributed by atoms with E-state index in [-0.39, 0.29) is 11.8 Å². The third-order valence-corrected chi connectivity index (χ3v) is 5.24. The van der Waals surface area contributed by atoms with Gasteiger partial charge in [0.2, 0.25) is 11.8 Å². The average Bonchev–Trinajstić information content (AvgIpc) is 3.07. The Labute approximate surface area is 148 Å². The van der Waals surface area contributed by atoms with Crippen molar-refractivity contribution < 1.29 is 14.3 Å². The van der Waals surface area contributed by atoms with Gasteiger partial charge in [-0.15, -0.1) is 0 Å². The second-order valence-electron chi connectivity index (χ2n) is 6.96. The van der Waals surface area contributed by atoms with Crippen LogP contribution in [0.2, 0.25) is 0 Å². The molecule has 0 unspecified atom stereocenters. The first kappa shape index (κ1) is 17.9. The second kappa shape index (κ2) is 7.97. The lowest BCUT2D eigenvalue weighted by molar-refractivity contribution is -0.136. The summed E-state index contributed by atoms with van der Waals surface area (Å²) in [6, 6.07) is 7.87. The van der Waals surface area contributed by atoms with E-state index in [0.29, 0.717) is 19.6 Å². The monoisotopic (exact) mass is 345 g/mol. The van der Waals surface area contributed by atoms with Crippen molar-refractivity contribution in [3.63, 3.8) is 0 Å². The molecule has 1 aromatic carbocycles. The number of carbonyl (C=O) groups excluding carboxylic acids is 2.